The highest BCUT2D eigenvalue weighted by atomic mass is 79.9. The van der Waals surface area contributed by atoms with Gasteiger partial charge in [0.25, 0.3) is 0 Å². The molecule has 0 saturated heterocycles. The predicted molar refractivity (Wildman–Crippen MR) is 68.7 cm³/mol. The SMILES string of the molecule is Cc1nc2cc(-c3ccccn3)cc(Br)n2n1. The number of aryl methyl sites for hydroxylation is 1. The second kappa shape index (κ2) is 3.92. The van der Waals surface area contributed by atoms with Gasteiger partial charge in [-0.15, -0.1) is 0 Å². The molecule has 0 aromatic carbocycles. The van der Waals surface area contributed by atoms with E-state index in [1.165, 1.54) is 0 Å². The fourth-order valence-electron chi connectivity index (χ4n) is 1.73. The van der Waals surface area contributed by atoms with Crippen molar-refractivity contribution in [3.05, 3.63) is 47.0 Å². The molecule has 0 saturated carbocycles. The molecule has 0 radical (unpaired) electrons. The van der Waals surface area contributed by atoms with Crippen molar-refractivity contribution in [1.29, 1.82) is 0 Å². The maximum atomic E-state index is 4.35. The summed E-state index contributed by atoms with van der Waals surface area (Å²) in [5, 5.41) is 4.29. The molecule has 0 aliphatic rings. The van der Waals surface area contributed by atoms with Crippen molar-refractivity contribution in [2.24, 2.45) is 0 Å². The van der Waals surface area contributed by atoms with E-state index in [1.54, 1.807) is 10.7 Å². The van der Waals surface area contributed by atoms with E-state index in [-0.39, 0.29) is 0 Å². The van der Waals surface area contributed by atoms with Crippen LogP contribution in [0.2, 0.25) is 0 Å². The first kappa shape index (κ1) is 10.4. The molecule has 0 bridgehead atoms. The Hall–Kier alpha value is -1.75. The molecule has 0 spiro atoms. The summed E-state index contributed by atoms with van der Waals surface area (Å²) in [6, 6.07) is 9.81. The van der Waals surface area contributed by atoms with Crippen LogP contribution in [0.25, 0.3) is 16.9 Å². The molecule has 0 unspecified atom stereocenters. The number of halogens is 1. The minimum absolute atomic E-state index is 0.754. The maximum Gasteiger partial charge on any atom is 0.157 e. The zero-order valence-corrected chi connectivity index (χ0v) is 10.7. The first-order valence-electron chi connectivity index (χ1n) is 5.18. The first-order chi connectivity index (χ1) is 8.24. The number of pyridine rings is 2. The molecule has 0 N–H and O–H groups in total. The Morgan fingerprint density at radius 2 is 2.12 bits per heavy atom. The minimum Gasteiger partial charge on any atom is -0.256 e. The van der Waals surface area contributed by atoms with E-state index in [0.29, 0.717) is 0 Å². The van der Waals surface area contributed by atoms with Gasteiger partial charge in [-0.25, -0.2) is 9.50 Å². The van der Waals surface area contributed by atoms with Gasteiger partial charge in [0.15, 0.2) is 5.65 Å². The molecule has 3 heterocycles. The van der Waals surface area contributed by atoms with Gasteiger partial charge in [-0.05, 0) is 47.1 Å². The molecular weight excluding hydrogens is 280 g/mol. The second-order valence-corrected chi connectivity index (χ2v) is 4.52. The monoisotopic (exact) mass is 288 g/mol. The molecule has 0 amide bonds. The molecule has 0 aliphatic heterocycles. The van der Waals surface area contributed by atoms with Crippen molar-refractivity contribution in [3.8, 4) is 11.3 Å². The Morgan fingerprint density at radius 1 is 1.24 bits per heavy atom. The van der Waals surface area contributed by atoms with Gasteiger partial charge in [0.1, 0.15) is 10.4 Å². The van der Waals surface area contributed by atoms with Crippen LogP contribution in [0.1, 0.15) is 5.82 Å². The average Bonchev–Trinajstić information content (AvgIpc) is 2.71. The van der Waals surface area contributed by atoms with Crippen molar-refractivity contribution < 1.29 is 0 Å². The van der Waals surface area contributed by atoms with E-state index in [0.717, 1.165) is 27.3 Å². The van der Waals surface area contributed by atoms with Crippen LogP contribution in [0.5, 0.6) is 0 Å². The van der Waals surface area contributed by atoms with Crippen LogP contribution < -0.4 is 0 Å². The highest BCUT2D eigenvalue weighted by Gasteiger charge is 2.07. The Morgan fingerprint density at radius 3 is 2.88 bits per heavy atom. The summed E-state index contributed by atoms with van der Waals surface area (Å²) in [5.74, 6) is 0.754. The zero-order valence-electron chi connectivity index (χ0n) is 9.13. The van der Waals surface area contributed by atoms with Gasteiger partial charge in [-0.3, -0.25) is 4.98 Å². The lowest BCUT2D eigenvalue weighted by Crippen LogP contribution is -1.92. The largest absolute Gasteiger partial charge is 0.256 e. The van der Waals surface area contributed by atoms with Crippen LogP contribution in [0.4, 0.5) is 0 Å². The first-order valence-corrected chi connectivity index (χ1v) is 5.98. The minimum atomic E-state index is 0.754. The molecule has 4 nitrogen and oxygen atoms in total. The van der Waals surface area contributed by atoms with Gasteiger partial charge in [-0.2, -0.15) is 5.10 Å². The Balaban J connectivity index is 2.25. The summed E-state index contributed by atoms with van der Waals surface area (Å²) in [4.78, 5) is 8.68. The molecule has 0 atom stereocenters. The number of hydrogen-bond acceptors (Lipinski definition) is 3. The fourth-order valence-corrected chi connectivity index (χ4v) is 2.24. The normalized spacial score (nSPS) is 10.9. The standard InChI is InChI=1S/C12H9BrN4/c1-8-15-12-7-9(6-11(13)17(12)16-8)10-4-2-3-5-14-10/h2-7H,1H3. The number of rotatable bonds is 1. The Labute approximate surface area is 106 Å². The zero-order chi connectivity index (χ0) is 11.8. The van der Waals surface area contributed by atoms with Crippen LogP contribution in [-0.2, 0) is 0 Å². The third-order valence-corrected chi connectivity index (χ3v) is 3.03. The molecule has 17 heavy (non-hydrogen) atoms. The number of hydrogen-bond donors (Lipinski definition) is 0. The maximum absolute atomic E-state index is 4.35. The summed E-state index contributed by atoms with van der Waals surface area (Å²) in [5.41, 5.74) is 2.77. The van der Waals surface area contributed by atoms with Crippen molar-refractivity contribution in [2.45, 2.75) is 6.92 Å². The molecule has 0 fully saturated rings. The van der Waals surface area contributed by atoms with E-state index in [1.807, 2.05) is 37.3 Å². The van der Waals surface area contributed by atoms with Crippen LogP contribution in [-0.4, -0.2) is 19.6 Å². The van der Waals surface area contributed by atoms with Gasteiger partial charge in [0.2, 0.25) is 0 Å². The molecule has 3 aromatic rings. The van der Waals surface area contributed by atoms with E-state index in [4.69, 9.17) is 0 Å². The van der Waals surface area contributed by atoms with Crippen molar-refractivity contribution in [2.75, 3.05) is 0 Å². The third-order valence-electron chi connectivity index (χ3n) is 2.46. The second-order valence-electron chi connectivity index (χ2n) is 3.71. The van der Waals surface area contributed by atoms with Gasteiger partial charge in [-0.1, -0.05) is 6.07 Å². The van der Waals surface area contributed by atoms with Crippen molar-refractivity contribution >= 4 is 21.6 Å². The van der Waals surface area contributed by atoms with Crippen LogP contribution >= 0.6 is 15.9 Å². The van der Waals surface area contributed by atoms with Crippen LogP contribution in [0, 0.1) is 6.92 Å². The summed E-state index contributed by atoms with van der Waals surface area (Å²) in [6.07, 6.45) is 1.78. The topological polar surface area (TPSA) is 43.1 Å². The van der Waals surface area contributed by atoms with E-state index < -0.39 is 0 Å². The van der Waals surface area contributed by atoms with E-state index in [2.05, 4.69) is 31.0 Å². The fraction of sp³-hybridized carbons (Fsp3) is 0.0833. The van der Waals surface area contributed by atoms with Gasteiger partial charge >= 0.3 is 0 Å². The van der Waals surface area contributed by atoms with Crippen LogP contribution in [0.3, 0.4) is 0 Å². The van der Waals surface area contributed by atoms with Gasteiger partial charge in [0, 0.05) is 11.8 Å². The third kappa shape index (κ3) is 1.82. The number of aromatic nitrogens is 4. The van der Waals surface area contributed by atoms with Crippen LogP contribution in [0.15, 0.2) is 41.1 Å². The lowest BCUT2D eigenvalue weighted by atomic mass is 10.2. The van der Waals surface area contributed by atoms with E-state index in [9.17, 15) is 0 Å². The lowest BCUT2D eigenvalue weighted by molar-refractivity contribution is 0.909. The predicted octanol–water partition coefficient (Wildman–Crippen LogP) is 2.86. The summed E-state index contributed by atoms with van der Waals surface area (Å²) in [6.45, 7) is 1.87. The smallest absolute Gasteiger partial charge is 0.157 e. The lowest BCUT2D eigenvalue weighted by Gasteiger charge is -2.02. The van der Waals surface area contributed by atoms with Crippen molar-refractivity contribution in [1.82, 2.24) is 19.6 Å². The Kier molecular flexibility index (Phi) is 2.40. The number of nitrogens with zero attached hydrogens (tertiary/aromatic N) is 4. The molecule has 3 aromatic heterocycles. The summed E-state index contributed by atoms with van der Waals surface area (Å²) < 4.78 is 2.64. The highest BCUT2D eigenvalue weighted by molar-refractivity contribution is 9.10. The van der Waals surface area contributed by atoms with Crippen molar-refractivity contribution in [3.63, 3.8) is 0 Å². The highest BCUT2D eigenvalue weighted by Crippen LogP contribution is 2.23. The molecule has 0 aliphatic carbocycles. The molecule has 84 valence electrons. The quantitative estimate of drug-likeness (QED) is 0.647. The van der Waals surface area contributed by atoms with E-state index >= 15 is 0 Å². The average molecular weight is 289 g/mol. The van der Waals surface area contributed by atoms with Gasteiger partial charge in [0.05, 0.1) is 5.69 Å². The molecular formula is C12H9BrN4. The summed E-state index contributed by atoms with van der Waals surface area (Å²) >= 11 is 3.49. The number of fused-ring (bicyclic) bond motifs is 1. The summed E-state index contributed by atoms with van der Waals surface area (Å²) in [7, 11) is 0. The molecule has 5 heteroatoms. The Bertz CT molecular complexity index is 676. The molecule has 3 rings (SSSR count). The van der Waals surface area contributed by atoms with Gasteiger partial charge < -0.3 is 0 Å².